The van der Waals surface area contributed by atoms with Crippen molar-refractivity contribution in [1.29, 1.82) is 0 Å². The summed E-state index contributed by atoms with van der Waals surface area (Å²) < 4.78 is 68.7. The van der Waals surface area contributed by atoms with Gasteiger partial charge < -0.3 is 14.6 Å². The molecular formula is C15H12F3N7O5S. The van der Waals surface area contributed by atoms with Crippen LogP contribution >= 0.6 is 0 Å². The molecule has 0 aliphatic carbocycles. The number of carbonyl (C=O) groups excluding carboxylic acids is 1. The van der Waals surface area contributed by atoms with Gasteiger partial charge in [0.25, 0.3) is 10.0 Å². The number of sulfonamides is 1. The maximum Gasteiger partial charge on any atom is 0.471 e. The third-order valence-corrected chi connectivity index (χ3v) is 4.29. The molecule has 0 saturated heterocycles. The second-order valence-electron chi connectivity index (χ2n) is 5.82. The molecule has 3 N–H and O–H groups in total. The summed E-state index contributed by atoms with van der Waals surface area (Å²) in [5.41, 5.74) is 0.841. The van der Waals surface area contributed by atoms with Gasteiger partial charge in [-0.05, 0) is 6.07 Å². The van der Waals surface area contributed by atoms with Crippen LogP contribution in [0.4, 0.5) is 18.0 Å². The van der Waals surface area contributed by atoms with Gasteiger partial charge in [-0.2, -0.15) is 18.2 Å². The molecule has 0 fully saturated rings. The van der Waals surface area contributed by atoms with Crippen molar-refractivity contribution in [1.82, 2.24) is 30.4 Å². The number of hydrogen-bond acceptors (Lipinski definition) is 10. The Balaban J connectivity index is 1.50. The van der Waals surface area contributed by atoms with E-state index >= 15 is 0 Å². The molecule has 164 valence electrons. The summed E-state index contributed by atoms with van der Waals surface area (Å²) in [6.07, 6.45) is -1.88. The van der Waals surface area contributed by atoms with E-state index in [1.807, 2.05) is 0 Å². The minimum absolute atomic E-state index is 0.0399. The van der Waals surface area contributed by atoms with Gasteiger partial charge in [-0.15, -0.1) is 0 Å². The lowest BCUT2D eigenvalue weighted by Gasteiger charge is -2.07. The Morgan fingerprint density at radius 2 is 1.77 bits per heavy atom. The van der Waals surface area contributed by atoms with E-state index in [4.69, 9.17) is 9.88 Å². The Kier molecular flexibility index (Phi) is 6.11. The third kappa shape index (κ3) is 5.92. The summed E-state index contributed by atoms with van der Waals surface area (Å²) in [7, 11) is -3.92. The molecular weight excluding hydrogens is 447 g/mol. The van der Waals surface area contributed by atoms with E-state index in [1.165, 1.54) is 30.7 Å². The molecule has 3 aromatic rings. The lowest BCUT2D eigenvalue weighted by molar-refractivity contribution is -0.159. The summed E-state index contributed by atoms with van der Waals surface area (Å²) in [5.74, 6) is -2.15. The van der Waals surface area contributed by atoms with Crippen molar-refractivity contribution < 1.29 is 35.6 Å². The predicted molar refractivity (Wildman–Crippen MR) is 93.0 cm³/mol. The van der Waals surface area contributed by atoms with Gasteiger partial charge in [-0.25, -0.2) is 33.3 Å². The van der Waals surface area contributed by atoms with Gasteiger partial charge in [0.2, 0.25) is 11.6 Å². The average molecular weight is 459 g/mol. The van der Waals surface area contributed by atoms with Gasteiger partial charge in [-0.3, -0.25) is 0 Å². The topological polar surface area (TPSA) is 176 Å². The fourth-order valence-corrected chi connectivity index (χ4v) is 2.49. The molecule has 12 nitrogen and oxygen atoms in total. The minimum atomic E-state index is -4.78. The predicted octanol–water partition coefficient (Wildman–Crippen LogP) is 1.01. The van der Waals surface area contributed by atoms with Crippen LogP contribution in [-0.2, 0) is 34.1 Å². The number of ether oxygens (including phenoxy) is 1. The van der Waals surface area contributed by atoms with Crippen molar-refractivity contribution in [3.05, 3.63) is 47.7 Å². The van der Waals surface area contributed by atoms with Crippen molar-refractivity contribution in [2.24, 2.45) is 5.14 Å². The third-order valence-electron chi connectivity index (χ3n) is 3.47. The number of amides is 1. The smallest absolute Gasteiger partial charge is 0.445 e. The van der Waals surface area contributed by atoms with E-state index in [1.54, 1.807) is 0 Å². The van der Waals surface area contributed by atoms with Crippen LogP contribution < -0.4 is 10.5 Å². The summed E-state index contributed by atoms with van der Waals surface area (Å²) in [6, 6.07) is 2.56. The SMILES string of the molecule is NS(=O)(=O)c1ccc(COC(=O)NCc2cnc(-c3noc(C(F)(F)F)n3)nc2)cn1. The maximum atomic E-state index is 12.5. The molecule has 0 spiro atoms. The number of alkyl carbamates (subject to hydrolysis) is 1. The number of aromatic nitrogens is 5. The first-order chi connectivity index (χ1) is 14.5. The summed E-state index contributed by atoms with van der Waals surface area (Å²) in [4.78, 5) is 26.2. The molecule has 0 saturated carbocycles. The highest BCUT2D eigenvalue weighted by Gasteiger charge is 2.38. The van der Waals surface area contributed by atoms with E-state index in [0.29, 0.717) is 11.1 Å². The maximum absolute atomic E-state index is 12.5. The lowest BCUT2D eigenvalue weighted by Crippen LogP contribution is -2.23. The number of nitrogens with two attached hydrogens (primary N) is 1. The van der Waals surface area contributed by atoms with Gasteiger partial charge in [0, 0.05) is 36.3 Å². The molecule has 0 aromatic carbocycles. The van der Waals surface area contributed by atoms with Gasteiger partial charge >= 0.3 is 18.2 Å². The van der Waals surface area contributed by atoms with Crippen LogP contribution in [0.3, 0.4) is 0 Å². The number of primary sulfonamides is 1. The zero-order valence-corrected chi connectivity index (χ0v) is 16.0. The zero-order chi connectivity index (χ0) is 22.6. The molecule has 0 bridgehead atoms. The number of rotatable bonds is 6. The zero-order valence-electron chi connectivity index (χ0n) is 15.2. The monoisotopic (exact) mass is 459 g/mol. The quantitative estimate of drug-likeness (QED) is 0.541. The number of nitrogens with one attached hydrogen (secondary N) is 1. The van der Waals surface area contributed by atoms with Crippen LogP contribution in [0.25, 0.3) is 11.6 Å². The fourth-order valence-electron chi connectivity index (χ4n) is 2.03. The fraction of sp³-hybridized carbons (Fsp3) is 0.200. The Morgan fingerprint density at radius 1 is 1.10 bits per heavy atom. The Bertz CT molecular complexity index is 1160. The number of halogens is 3. The Labute approximate surface area is 171 Å². The van der Waals surface area contributed by atoms with Crippen molar-refractivity contribution in [2.75, 3.05) is 0 Å². The molecule has 3 rings (SSSR count). The van der Waals surface area contributed by atoms with Crippen molar-refractivity contribution >= 4 is 16.1 Å². The molecule has 3 aromatic heterocycles. The molecule has 31 heavy (non-hydrogen) atoms. The number of alkyl halides is 3. The van der Waals surface area contributed by atoms with Crippen LogP contribution in [-0.4, -0.2) is 39.6 Å². The van der Waals surface area contributed by atoms with E-state index in [2.05, 4.69) is 34.9 Å². The molecule has 0 aliphatic heterocycles. The van der Waals surface area contributed by atoms with Crippen LogP contribution in [0.1, 0.15) is 17.0 Å². The van der Waals surface area contributed by atoms with Crippen molar-refractivity contribution in [2.45, 2.75) is 24.4 Å². The van der Waals surface area contributed by atoms with Crippen molar-refractivity contribution in [3.63, 3.8) is 0 Å². The second kappa shape index (κ2) is 8.60. The van der Waals surface area contributed by atoms with Crippen LogP contribution in [0.2, 0.25) is 0 Å². The van der Waals surface area contributed by atoms with Gasteiger partial charge in [0.15, 0.2) is 5.03 Å². The van der Waals surface area contributed by atoms with Gasteiger partial charge in [0.05, 0.1) is 0 Å². The standard InChI is InChI=1S/C15H12F3N7O5S/c16-15(17,18)13-24-12(25-30-13)11-21-4-9(5-22-11)6-23-14(26)29-7-8-1-2-10(20-3-8)31(19,27)28/h1-5H,6-7H2,(H,23,26)(H2,19,27,28). The second-order valence-corrected chi connectivity index (χ2v) is 7.32. The first kappa shape index (κ1) is 22.0. The normalized spacial score (nSPS) is 11.9. The van der Waals surface area contributed by atoms with Gasteiger partial charge in [-0.1, -0.05) is 11.2 Å². The Hall–Kier alpha value is -3.66. The number of carbonyl (C=O) groups is 1. The molecule has 0 radical (unpaired) electrons. The highest BCUT2D eigenvalue weighted by molar-refractivity contribution is 7.89. The molecule has 16 heteroatoms. The Morgan fingerprint density at radius 3 is 2.32 bits per heavy atom. The molecule has 0 atom stereocenters. The van der Waals surface area contributed by atoms with E-state index < -0.39 is 34.0 Å². The highest BCUT2D eigenvalue weighted by atomic mass is 32.2. The van der Waals surface area contributed by atoms with E-state index in [-0.39, 0.29) is 24.0 Å². The molecule has 0 unspecified atom stereocenters. The summed E-state index contributed by atoms with van der Waals surface area (Å²) >= 11 is 0. The molecule has 3 heterocycles. The lowest BCUT2D eigenvalue weighted by atomic mass is 10.3. The number of pyridine rings is 1. The highest BCUT2D eigenvalue weighted by Crippen LogP contribution is 2.28. The van der Waals surface area contributed by atoms with E-state index in [0.717, 1.165) is 0 Å². The van der Waals surface area contributed by atoms with Crippen LogP contribution in [0.5, 0.6) is 0 Å². The molecule has 1 amide bonds. The van der Waals surface area contributed by atoms with Crippen LogP contribution in [0.15, 0.2) is 40.3 Å². The van der Waals surface area contributed by atoms with Crippen molar-refractivity contribution in [3.8, 4) is 11.6 Å². The van der Waals surface area contributed by atoms with Gasteiger partial charge in [0.1, 0.15) is 6.61 Å². The number of nitrogens with zero attached hydrogens (tertiary/aromatic N) is 5. The van der Waals surface area contributed by atoms with Crippen LogP contribution in [0, 0.1) is 0 Å². The minimum Gasteiger partial charge on any atom is -0.445 e. The largest absolute Gasteiger partial charge is 0.471 e. The summed E-state index contributed by atoms with van der Waals surface area (Å²) in [5, 5.41) is 10.2. The first-order valence-electron chi connectivity index (χ1n) is 8.13. The van der Waals surface area contributed by atoms with E-state index in [9.17, 15) is 26.4 Å². The summed E-state index contributed by atoms with van der Waals surface area (Å²) in [6.45, 7) is -0.222. The first-order valence-corrected chi connectivity index (χ1v) is 9.67. The average Bonchev–Trinajstić information content (AvgIpc) is 3.21. The molecule has 0 aliphatic rings. The number of hydrogen-bond donors (Lipinski definition) is 2.